The minimum absolute atomic E-state index is 0.00519. The van der Waals surface area contributed by atoms with Gasteiger partial charge in [-0.25, -0.2) is 5.43 Å². The number of nitrogens with zero attached hydrogens (tertiary/aromatic N) is 1. The lowest BCUT2D eigenvalue weighted by Crippen LogP contribution is -2.32. The zero-order valence-corrected chi connectivity index (χ0v) is 18.9. The van der Waals surface area contributed by atoms with Crippen LogP contribution in [0.4, 0.5) is 0 Å². The fourth-order valence-electron chi connectivity index (χ4n) is 3.22. The Labute approximate surface area is 201 Å². The van der Waals surface area contributed by atoms with Crippen molar-refractivity contribution in [1.82, 2.24) is 10.7 Å². The smallest absolute Gasteiger partial charge is 0.287 e. The van der Waals surface area contributed by atoms with Crippen molar-refractivity contribution >= 4 is 24.1 Å². The predicted molar refractivity (Wildman–Crippen MR) is 129 cm³/mol. The van der Waals surface area contributed by atoms with Gasteiger partial charge in [0.05, 0.1) is 12.8 Å². The first-order chi connectivity index (χ1) is 17.0. The van der Waals surface area contributed by atoms with E-state index in [1.165, 1.54) is 18.4 Å². The van der Waals surface area contributed by atoms with E-state index < -0.39 is 11.8 Å². The van der Waals surface area contributed by atoms with Crippen LogP contribution < -0.4 is 25.0 Å². The molecule has 2 amide bonds. The largest absolute Gasteiger partial charge is 0.504 e. The van der Waals surface area contributed by atoms with E-state index in [2.05, 4.69) is 15.8 Å². The second-order valence-corrected chi connectivity index (χ2v) is 7.35. The zero-order chi connectivity index (χ0) is 24.6. The van der Waals surface area contributed by atoms with Crippen molar-refractivity contribution in [2.24, 2.45) is 5.10 Å². The van der Waals surface area contributed by atoms with E-state index >= 15 is 0 Å². The molecule has 0 aliphatic carbocycles. The Morgan fingerprint density at radius 1 is 1.03 bits per heavy atom. The first-order valence-corrected chi connectivity index (χ1v) is 10.8. The molecule has 0 atom stereocenters. The molecule has 0 saturated heterocycles. The summed E-state index contributed by atoms with van der Waals surface area (Å²) >= 11 is 0. The Morgan fingerprint density at radius 2 is 1.80 bits per heavy atom. The fourth-order valence-corrected chi connectivity index (χ4v) is 3.22. The number of phenols is 1. The van der Waals surface area contributed by atoms with Gasteiger partial charge in [0.15, 0.2) is 23.0 Å². The molecule has 0 spiro atoms. The SMILES string of the molecule is CCOc1cc(C=NNC(=O)C(=Cc2ccc3c(c2)OCO3)NC(=O)c2ccccc2)ccc1O. The highest BCUT2D eigenvalue weighted by atomic mass is 16.7. The molecule has 3 aromatic carbocycles. The van der Waals surface area contributed by atoms with Crippen LogP contribution in [0.1, 0.15) is 28.4 Å². The van der Waals surface area contributed by atoms with Gasteiger partial charge in [0, 0.05) is 5.56 Å². The van der Waals surface area contributed by atoms with Gasteiger partial charge in [-0.2, -0.15) is 5.10 Å². The van der Waals surface area contributed by atoms with Gasteiger partial charge >= 0.3 is 0 Å². The summed E-state index contributed by atoms with van der Waals surface area (Å²) in [6, 6.07) is 18.4. The number of carbonyl (C=O) groups is 2. The van der Waals surface area contributed by atoms with E-state index in [0.717, 1.165) is 0 Å². The molecule has 9 heteroatoms. The number of nitrogens with one attached hydrogen (secondary N) is 2. The van der Waals surface area contributed by atoms with Gasteiger partial charge in [-0.3, -0.25) is 9.59 Å². The Kier molecular flexibility index (Phi) is 7.27. The van der Waals surface area contributed by atoms with Gasteiger partial charge < -0.3 is 24.6 Å². The lowest BCUT2D eigenvalue weighted by molar-refractivity contribution is -0.117. The third-order valence-electron chi connectivity index (χ3n) is 4.90. The number of hydrogen-bond acceptors (Lipinski definition) is 7. The number of carbonyl (C=O) groups excluding carboxylic acids is 2. The highest BCUT2D eigenvalue weighted by molar-refractivity contribution is 6.05. The number of fused-ring (bicyclic) bond motifs is 1. The van der Waals surface area contributed by atoms with Gasteiger partial charge in [0.1, 0.15) is 5.70 Å². The summed E-state index contributed by atoms with van der Waals surface area (Å²) in [4.78, 5) is 25.6. The monoisotopic (exact) mass is 473 g/mol. The van der Waals surface area contributed by atoms with E-state index in [9.17, 15) is 14.7 Å². The second kappa shape index (κ2) is 10.9. The van der Waals surface area contributed by atoms with Crippen molar-refractivity contribution < 1.29 is 28.9 Å². The molecule has 4 rings (SSSR count). The number of rotatable bonds is 8. The number of phenolic OH excluding ortho intramolecular Hbond substituents is 1. The lowest BCUT2D eigenvalue weighted by atomic mass is 10.1. The first-order valence-electron chi connectivity index (χ1n) is 10.8. The van der Waals surface area contributed by atoms with Crippen LogP contribution in [0, 0.1) is 0 Å². The summed E-state index contributed by atoms with van der Waals surface area (Å²) in [5.41, 5.74) is 4.01. The molecule has 3 aromatic rings. The lowest BCUT2D eigenvalue weighted by Gasteiger charge is -2.10. The van der Waals surface area contributed by atoms with E-state index in [0.29, 0.717) is 40.5 Å². The second-order valence-electron chi connectivity index (χ2n) is 7.35. The number of amides is 2. The summed E-state index contributed by atoms with van der Waals surface area (Å²) in [7, 11) is 0. The van der Waals surface area contributed by atoms with Gasteiger partial charge in [0.25, 0.3) is 11.8 Å². The average molecular weight is 473 g/mol. The normalized spacial score (nSPS) is 12.4. The van der Waals surface area contributed by atoms with Crippen LogP contribution in [-0.4, -0.2) is 36.5 Å². The molecule has 0 bridgehead atoms. The Bertz CT molecular complexity index is 1290. The topological polar surface area (TPSA) is 118 Å². The third kappa shape index (κ3) is 5.97. The van der Waals surface area contributed by atoms with E-state index in [1.54, 1.807) is 67.6 Å². The summed E-state index contributed by atoms with van der Waals surface area (Å²) in [6.07, 6.45) is 2.92. The van der Waals surface area contributed by atoms with E-state index in [1.807, 2.05) is 0 Å². The molecule has 0 saturated carbocycles. The average Bonchev–Trinajstić information content (AvgIpc) is 3.34. The molecule has 178 valence electrons. The number of hydrogen-bond donors (Lipinski definition) is 3. The minimum Gasteiger partial charge on any atom is -0.504 e. The van der Waals surface area contributed by atoms with Crippen molar-refractivity contribution in [2.45, 2.75) is 6.92 Å². The van der Waals surface area contributed by atoms with Crippen LogP contribution in [0.15, 0.2) is 77.5 Å². The van der Waals surface area contributed by atoms with Crippen molar-refractivity contribution in [3.8, 4) is 23.0 Å². The summed E-state index contributed by atoms with van der Waals surface area (Å²) in [6.45, 7) is 2.32. The molecule has 1 aliphatic heterocycles. The first kappa shape index (κ1) is 23.4. The molecule has 9 nitrogen and oxygen atoms in total. The number of benzene rings is 3. The molecule has 1 heterocycles. The van der Waals surface area contributed by atoms with Crippen LogP contribution in [-0.2, 0) is 4.79 Å². The van der Waals surface area contributed by atoms with Gasteiger partial charge in [-0.1, -0.05) is 24.3 Å². The van der Waals surface area contributed by atoms with E-state index in [4.69, 9.17) is 14.2 Å². The highest BCUT2D eigenvalue weighted by Crippen LogP contribution is 2.33. The Balaban J connectivity index is 1.54. The summed E-state index contributed by atoms with van der Waals surface area (Å²) < 4.78 is 16.1. The van der Waals surface area contributed by atoms with E-state index in [-0.39, 0.29) is 18.2 Å². The van der Waals surface area contributed by atoms with Gasteiger partial charge in [0.2, 0.25) is 6.79 Å². The van der Waals surface area contributed by atoms with Crippen molar-refractivity contribution in [3.63, 3.8) is 0 Å². The summed E-state index contributed by atoms with van der Waals surface area (Å²) in [5.74, 6) is 0.380. The number of aromatic hydroxyl groups is 1. The van der Waals surface area contributed by atoms with Crippen LogP contribution in [0.2, 0.25) is 0 Å². The molecule has 0 unspecified atom stereocenters. The van der Waals surface area contributed by atoms with Crippen LogP contribution in [0.5, 0.6) is 23.0 Å². The molecule has 0 radical (unpaired) electrons. The third-order valence-corrected chi connectivity index (χ3v) is 4.90. The minimum atomic E-state index is -0.632. The van der Waals surface area contributed by atoms with Crippen LogP contribution >= 0.6 is 0 Å². The molecule has 1 aliphatic rings. The molecule has 0 aromatic heterocycles. The molecular formula is C26H23N3O6. The van der Waals surface area contributed by atoms with Crippen molar-refractivity contribution in [1.29, 1.82) is 0 Å². The quantitative estimate of drug-likeness (QED) is 0.262. The molecule has 0 fully saturated rings. The maximum absolute atomic E-state index is 12.9. The Hall–Kier alpha value is -4.79. The maximum Gasteiger partial charge on any atom is 0.287 e. The van der Waals surface area contributed by atoms with Gasteiger partial charge in [-0.15, -0.1) is 0 Å². The molecular weight excluding hydrogens is 450 g/mol. The molecule has 35 heavy (non-hydrogen) atoms. The fraction of sp³-hybridized carbons (Fsp3) is 0.115. The van der Waals surface area contributed by atoms with Crippen molar-refractivity contribution in [2.75, 3.05) is 13.4 Å². The number of ether oxygens (including phenoxy) is 3. The standard InChI is InChI=1S/C26H23N3O6/c1-2-33-23-14-18(8-10-21(23)30)15-27-29-26(32)20(28-25(31)19-6-4-3-5-7-19)12-17-9-11-22-24(13-17)35-16-34-22/h3-15,30H,2,16H2,1H3,(H,28,31)(H,29,32). The zero-order valence-electron chi connectivity index (χ0n) is 18.9. The van der Waals surface area contributed by atoms with Gasteiger partial charge in [-0.05, 0) is 66.6 Å². The van der Waals surface area contributed by atoms with Crippen molar-refractivity contribution in [3.05, 3.63) is 89.1 Å². The van der Waals surface area contributed by atoms with Crippen LogP contribution in [0.3, 0.4) is 0 Å². The predicted octanol–water partition coefficient (Wildman–Crippen LogP) is 3.44. The summed E-state index contributed by atoms with van der Waals surface area (Å²) in [5, 5.41) is 16.4. The van der Waals surface area contributed by atoms with Crippen LogP contribution in [0.25, 0.3) is 6.08 Å². The molecule has 3 N–H and O–H groups in total. The highest BCUT2D eigenvalue weighted by Gasteiger charge is 2.17. The Morgan fingerprint density at radius 3 is 2.60 bits per heavy atom. The number of hydrazone groups is 1. The maximum atomic E-state index is 12.9.